The van der Waals surface area contributed by atoms with Crippen LogP contribution >= 0.6 is 24.0 Å². The van der Waals surface area contributed by atoms with Crippen molar-refractivity contribution in [1.29, 1.82) is 0 Å². The largest absolute Gasteiger partial charge is 0.379 e. The van der Waals surface area contributed by atoms with Crippen LogP contribution < -0.4 is 10.6 Å². The highest BCUT2D eigenvalue weighted by molar-refractivity contribution is 14.0. The summed E-state index contributed by atoms with van der Waals surface area (Å²) in [5.41, 5.74) is 2.52. The summed E-state index contributed by atoms with van der Waals surface area (Å²) in [6, 6.07) is 8.52. The molecule has 1 unspecified atom stereocenters. The van der Waals surface area contributed by atoms with Crippen LogP contribution in [0.1, 0.15) is 25.0 Å². The Bertz CT molecular complexity index is 518. The summed E-state index contributed by atoms with van der Waals surface area (Å²) in [4.78, 5) is 7.18. The molecule has 0 bridgehead atoms. The Labute approximate surface area is 169 Å². The van der Waals surface area contributed by atoms with E-state index in [-0.39, 0.29) is 24.0 Å². The van der Waals surface area contributed by atoms with Gasteiger partial charge in [-0.2, -0.15) is 0 Å². The molecule has 1 aromatic rings. The lowest BCUT2D eigenvalue weighted by atomic mass is 10.1. The monoisotopic (exact) mass is 460 g/mol. The Kier molecular flexibility index (Phi) is 11.1. The van der Waals surface area contributed by atoms with Crippen LogP contribution in [0.2, 0.25) is 0 Å². The SMILES string of the molecule is CCNC(=NCc1cccc(C)c1)NCC(C)CN1CCOCC1.I. The van der Waals surface area contributed by atoms with Crippen molar-refractivity contribution in [3.63, 3.8) is 0 Å². The lowest BCUT2D eigenvalue weighted by Gasteiger charge is -2.29. The number of hydrogen-bond donors (Lipinski definition) is 2. The number of rotatable bonds is 7. The first kappa shape index (κ1) is 22.2. The number of aliphatic imine (C=N–C) groups is 1. The number of nitrogens with one attached hydrogen (secondary N) is 2. The molecule has 2 N–H and O–H groups in total. The van der Waals surface area contributed by atoms with Crippen molar-refractivity contribution in [2.45, 2.75) is 27.3 Å². The fourth-order valence-electron chi connectivity index (χ4n) is 2.88. The quantitative estimate of drug-likeness (QED) is 0.373. The predicted octanol–water partition coefficient (Wildman–Crippen LogP) is 2.64. The minimum atomic E-state index is 0. The molecule has 1 aliphatic heterocycles. The Morgan fingerprint density at radius 1 is 1.28 bits per heavy atom. The molecular formula is C19H33IN4O. The normalized spacial score (nSPS) is 16.8. The third-order valence-corrected chi connectivity index (χ3v) is 4.14. The summed E-state index contributed by atoms with van der Waals surface area (Å²) in [5.74, 6) is 1.47. The fourth-order valence-corrected chi connectivity index (χ4v) is 2.88. The van der Waals surface area contributed by atoms with Crippen molar-refractivity contribution in [2.75, 3.05) is 45.9 Å². The van der Waals surface area contributed by atoms with Crippen molar-refractivity contribution in [3.8, 4) is 0 Å². The van der Waals surface area contributed by atoms with E-state index in [1.54, 1.807) is 0 Å². The highest BCUT2D eigenvalue weighted by atomic mass is 127. The van der Waals surface area contributed by atoms with Crippen LogP contribution in [-0.2, 0) is 11.3 Å². The van der Waals surface area contributed by atoms with Crippen LogP contribution in [0.3, 0.4) is 0 Å². The molecule has 0 aliphatic carbocycles. The maximum Gasteiger partial charge on any atom is 0.191 e. The summed E-state index contributed by atoms with van der Waals surface area (Å²) in [6.07, 6.45) is 0. The summed E-state index contributed by atoms with van der Waals surface area (Å²) < 4.78 is 5.41. The Morgan fingerprint density at radius 2 is 2.04 bits per heavy atom. The maximum atomic E-state index is 5.41. The first-order chi connectivity index (χ1) is 11.7. The first-order valence-corrected chi connectivity index (χ1v) is 9.05. The van der Waals surface area contributed by atoms with E-state index in [4.69, 9.17) is 9.73 Å². The summed E-state index contributed by atoms with van der Waals surface area (Å²) in [7, 11) is 0. The molecule has 5 nitrogen and oxygen atoms in total. The molecule has 25 heavy (non-hydrogen) atoms. The second-order valence-corrected chi connectivity index (χ2v) is 6.58. The molecular weight excluding hydrogens is 427 g/mol. The molecule has 0 saturated carbocycles. The van der Waals surface area contributed by atoms with E-state index < -0.39 is 0 Å². The van der Waals surface area contributed by atoms with Crippen LogP contribution in [0.15, 0.2) is 29.3 Å². The molecule has 1 aromatic carbocycles. The maximum absolute atomic E-state index is 5.41. The van der Waals surface area contributed by atoms with Gasteiger partial charge in [-0.05, 0) is 25.3 Å². The van der Waals surface area contributed by atoms with Gasteiger partial charge in [0.15, 0.2) is 5.96 Å². The Morgan fingerprint density at radius 3 is 2.72 bits per heavy atom. The lowest BCUT2D eigenvalue weighted by molar-refractivity contribution is 0.0320. The van der Waals surface area contributed by atoms with Crippen molar-refractivity contribution in [1.82, 2.24) is 15.5 Å². The number of morpholine rings is 1. The van der Waals surface area contributed by atoms with E-state index in [1.807, 2.05) is 0 Å². The number of halogens is 1. The van der Waals surface area contributed by atoms with Gasteiger partial charge in [0.2, 0.25) is 0 Å². The molecule has 1 heterocycles. The third-order valence-electron chi connectivity index (χ3n) is 4.14. The number of ether oxygens (including phenoxy) is 1. The van der Waals surface area contributed by atoms with Crippen LogP contribution in [-0.4, -0.2) is 56.8 Å². The smallest absolute Gasteiger partial charge is 0.191 e. The fraction of sp³-hybridized carbons (Fsp3) is 0.632. The number of aryl methyl sites for hydroxylation is 1. The van der Waals surface area contributed by atoms with Crippen molar-refractivity contribution in [2.24, 2.45) is 10.9 Å². The molecule has 1 atom stereocenters. The molecule has 142 valence electrons. The van der Waals surface area contributed by atoms with Gasteiger partial charge in [-0.1, -0.05) is 36.8 Å². The topological polar surface area (TPSA) is 48.9 Å². The first-order valence-electron chi connectivity index (χ1n) is 9.05. The van der Waals surface area contributed by atoms with E-state index in [9.17, 15) is 0 Å². The number of benzene rings is 1. The predicted molar refractivity (Wildman–Crippen MR) is 116 cm³/mol. The molecule has 1 fully saturated rings. The van der Waals surface area contributed by atoms with Crippen molar-refractivity contribution >= 4 is 29.9 Å². The van der Waals surface area contributed by atoms with Gasteiger partial charge < -0.3 is 15.4 Å². The van der Waals surface area contributed by atoms with Gasteiger partial charge in [-0.15, -0.1) is 24.0 Å². The zero-order valence-electron chi connectivity index (χ0n) is 15.8. The number of nitrogens with zero attached hydrogens (tertiary/aromatic N) is 2. The highest BCUT2D eigenvalue weighted by Gasteiger charge is 2.13. The van der Waals surface area contributed by atoms with Gasteiger partial charge in [0.1, 0.15) is 0 Å². The second-order valence-electron chi connectivity index (χ2n) is 6.58. The lowest BCUT2D eigenvalue weighted by Crippen LogP contribution is -2.44. The van der Waals surface area contributed by atoms with E-state index in [0.717, 1.165) is 51.9 Å². The molecule has 1 saturated heterocycles. The average molecular weight is 460 g/mol. The van der Waals surface area contributed by atoms with E-state index in [1.165, 1.54) is 11.1 Å². The average Bonchev–Trinajstić information content (AvgIpc) is 2.58. The minimum Gasteiger partial charge on any atom is -0.379 e. The molecule has 0 aromatic heterocycles. The second kappa shape index (κ2) is 12.5. The van der Waals surface area contributed by atoms with Crippen LogP contribution in [0.4, 0.5) is 0 Å². The minimum absolute atomic E-state index is 0. The van der Waals surface area contributed by atoms with E-state index in [0.29, 0.717) is 12.5 Å². The van der Waals surface area contributed by atoms with Gasteiger partial charge in [-0.25, -0.2) is 4.99 Å². The molecule has 0 spiro atoms. The summed E-state index contributed by atoms with van der Waals surface area (Å²) >= 11 is 0. The van der Waals surface area contributed by atoms with Gasteiger partial charge in [0, 0.05) is 32.7 Å². The highest BCUT2D eigenvalue weighted by Crippen LogP contribution is 2.05. The third kappa shape index (κ3) is 8.87. The molecule has 6 heteroatoms. The number of hydrogen-bond acceptors (Lipinski definition) is 3. The molecule has 0 radical (unpaired) electrons. The molecule has 0 amide bonds. The Balaban J connectivity index is 0.00000312. The van der Waals surface area contributed by atoms with Crippen molar-refractivity contribution in [3.05, 3.63) is 35.4 Å². The van der Waals surface area contributed by atoms with Crippen LogP contribution in [0.5, 0.6) is 0 Å². The number of guanidine groups is 1. The molecule has 1 aliphatic rings. The van der Waals surface area contributed by atoms with E-state index >= 15 is 0 Å². The van der Waals surface area contributed by atoms with Gasteiger partial charge in [0.25, 0.3) is 0 Å². The van der Waals surface area contributed by atoms with Crippen LogP contribution in [0, 0.1) is 12.8 Å². The Hall–Kier alpha value is -0.860. The molecule has 2 rings (SSSR count). The van der Waals surface area contributed by atoms with Crippen molar-refractivity contribution < 1.29 is 4.74 Å². The summed E-state index contributed by atoms with van der Waals surface area (Å²) in [5, 5.41) is 6.81. The van der Waals surface area contributed by atoms with E-state index in [2.05, 4.69) is 60.6 Å². The zero-order valence-corrected chi connectivity index (χ0v) is 18.1. The standard InChI is InChI=1S/C19H32N4O.HI/c1-4-20-19(22-14-18-7-5-6-16(2)12-18)21-13-17(3)15-23-8-10-24-11-9-23;/h5-7,12,17H,4,8-11,13-15H2,1-3H3,(H2,20,21,22);1H. The summed E-state index contributed by atoms with van der Waals surface area (Å²) in [6.45, 7) is 13.9. The van der Waals surface area contributed by atoms with Gasteiger partial charge >= 0.3 is 0 Å². The van der Waals surface area contributed by atoms with Gasteiger partial charge in [0.05, 0.1) is 19.8 Å². The van der Waals surface area contributed by atoms with Gasteiger partial charge in [-0.3, -0.25) is 4.90 Å². The zero-order chi connectivity index (χ0) is 17.2. The van der Waals surface area contributed by atoms with Crippen LogP contribution in [0.25, 0.3) is 0 Å².